The van der Waals surface area contributed by atoms with E-state index in [1.807, 2.05) is 13.8 Å². The molecule has 0 radical (unpaired) electrons. The third kappa shape index (κ3) is 4.06. The lowest BCUT2D eigenvalue weighted by atomic mass is 9.91. The van der Waals surface area contributed by atoms with Gasteiger partial charge in [-0.15, -0.1) is 0 Å². The van der Waals surface area contributed by atoms with Gasteiger partial charge in [-0.25, -0.2) is 0 Å². The summed E-state index contributed by atoms with van der Waals surface area (Å²) in [4.78, 5) is 22.4. The summed E-state index contributed by atoms with van der Waals surface area (Å²) < 4.78 is 4.49. The van der Waals surface area contributed by atoms with Gasteiger partial charge in [0.1, 0.15) is 5.78 Å². The standard InChI is InChI=1S/C10H18O3/c1-5-7(2)10(12)8(3)6-9(11)13-4/h7-8H,5-6H2,1-4H3. The molecule has 0 bridgehead atoms. The van der Waals surface area contributed by atoms with Crippen LogP contribution >= 0.6 is 0 Å². The number of rotatable bonds is 5. The minimum atomic E-state index is -0.316. The van der Waals surface area contributed by atoms with E-state index in [0.29, 0.717) is 0 Å². The third-order valence-electron chi connectivity index (χ3n) is 2.28. The van der Waals surface area contributed by atoms with Crippen molar-refractivity contribution in [3.05, 3.63) is 0 Å². The molecule has 0 aliphatic heterocycles. The average molecular weight is 186 g/mol. The maximum absolute atomic E-state index is 11.5. The van der Waals surface area contributed by atoms with Crippen molar-refractivity contribution in [3.8, 4) is 0 Å². The Morgan fingerprint density at radius 2 is 1.77 bits per heavy atom. The molecule has 0 aliphatic carbocycles. The predicted molar refractivity (Wildman–Crippen MR) is 50.3 cm³/mol. The van der Waals surface area contributed by atoms with Crippen LogP contribution < -0.4 is 0 Å². The van der Waals surface area contributed by atoms with Crippen molar-refractivity contribution in [1.29, 1.82) is 0 Å². The van der Waals surface area contributed by atoms with E-state index in [9.17, 15) is 9.59 Å². The van der Waals surface area contributed by atoms with Crippen LogP contribution in [-0.2, 0) is 14.3 Å². The van der Waals surface area contributed by atoms with Crippen molar-refractivity contribution in [2.45, 2.75) is 33.6 Å². The molecule has 0 amide bonds. The van der Waals surface area contributed by atoms with E-state index in [4.69, 9.17) is 0 Å². The summed E-state index contributed by atoms with van der Waals surface area (Å²) in [6.07, 6.45) is 1.02. The quantitative estimate of drug-likeness (QED) is 0.615. The fourth-order valence-electron chi connectivity index (χ4n) is 1.12. The second-order valence-electron chi connectivity index (χ2n) is 3.39. The van der Waals surface area contributed by atoms with E-state index < -0.39 is 0 Å². The smallest absolute Gasteiger partial charge is 0.306 e. The minimum absolute atomic E-state index is 0.0413. The number of ketones is 1. The molecule has 3 nitrogen and oxygen atoms in total. The Hall–Kier alpha value is -0.860. The highest BCUT2D eigenvalue weighted by molar-refractivity contribution is 5.86. The minimum Gasteiger partial charge on any atom is -0.469 e. The summed E-state index contributed by atoms with van der Waals surface area (Å²) in [6.45, 7) is 5.62. The SMILES string of the molecule is CCC(C)C(=O)C(C)CC(=O)OC. The molecule has 0 spiro atoms. The normalized spacial score (nSPS) is 14.8. The van der Waals surface area contributed by atoms with Crippen LogP contribution in [0.4, 0.5) is 0 Å². The zero-order valence-corrected chi connectivity index (χ0v) is 8.79. The molecule has 0 heterocycles. The van der Waals surface area contributed by atoms with E-state index in [0.717, 1.165) is 6.42 Å². The Balaban J connectivity index is 4.03. The Bertz CT molecular complexity index is 187. The zero-order valence-electron chi connectivity index (χ0n) is 8.79. The van der Waals surface area contributed by atoms with Gasteiger partial charge in [-0.3, -0.25) is 9.59 Å². The molecule has 0 saturated heterocycles. The average Bonchev–Trinajstić information content (AvgIpc) is 2.14. The second kappa shape index (κ2) is 5.73. The van der Waals surface area contributed by atoms with E-state index >= 15 is 0 Å². The van der Waals surface area contributed by atoms with Crippen LogP contribution in [0.2, 0.25) is 0 Å². The Morgan fingerprint density at radius 3 is 2.15 bits per heavy atom. The molecular formula is C10H18O3. The molecule has 0 saturated carbocycles. The van der Waals surface area contributed by atoms with Gasteiger partial charge in [0.05, 0.1) is 13.5 Å². The summed E-state index contributed by atoms with van der Waals surface area (Å²) in [5, 5.41) is 0. The van der Waals surface area contributed by atoms with E-state index in [2.05, 4.69) is 4.74 Å². The van der Waals surface area contributed by atoms with Gasteiger partial charge in [-0.05, 0) is 6.42 Å². The molecule has 13 heavy (non-hydrogen) atoms. The number of ether oxygens (including phenoxy) is 1. The molecular weight excluding hydrogens is 168 g/mol. The predicted octanol–water partition coefficient (Wildman–Crippen LogP) is 1.80. The fourth-order valence-corrected chi connectivity index (χ4v) is 1.12. The molecule has 2 atom stereocenters. The van der Waals surface area contributed by atoms with Gasteiger partial charge in [0.2, 0.25) is 0 Å². The largest absolute Gasteiger partial charge is 0.469 e. The summed E-state index contributed by atoms with van der Waals surface area (Å²) in [5.41, 5.74) is 0. The van der Waals surface area contributed by atoms with E-state index in [1.165, 1.54) is 7.11 Å². The molecule has 3 heteroatoms. The number of hydrogen-bond donors (Lipinski definition) is 0. The second-order valence-corrected chi connectivity index (χ2v) is 3.39. The number of hydrogen-bond acceptors (Lipinski definition) is 3. The maximum Gasteiger partial charge on any atom is 0.306 e. The zero-order chi connectivity index (χ0) is 10.4. The van der Waals surface area contributed by atoms with Crippen LogP contribution in [0.3, 0.4) is 0 Å². The first-order chi connectivity index (χ1) is 6.02. The lowest BCUT2D eigenvalue weighted by Gasteiger charge is -2.13. The van der Waals surface area contributed by atoms with Gasteiger partial charge < -0.3 is 4.74 Å². The molecule has 0 aliphatic rings. The molecule has 2 unspecified atom stereocenters. The maximum atomic E-state index is 11.5. The monoisotopic (exact) mass is 186 g/mol. The molecule has 0 aromatic carbocycles. The van der Waals surface area contributed by atoms with Gasteiger partial charge in [-0.1, -0.05) is 20.8 Å². The first-order valence-electron chi connectivity index (χ1n) is 4.63. The Morgan fingerprint density at radius 1 is 1.23 bits per heavy atom. The molecule has 0 aromatic heterocycles. The van der Waals surface area contributed by atoms with Crippen LogP contribution in [0.1, 0.15) is 33.6 Å². The van der Waals surface area contributed by atoms with Crippen LogP contribution in [0.15, 0.2) is 0 Å². The highest BCUT2D eigenvalue weighted by Gasteiger charge is 2.21. The first-order valence-corrected chi connectivity index (χ1v) is 4.63. The highest BCUT2D eigenvalue weighted by atomic mass is 16.5. The lowest BCUT2D eigenvalue weighted by Crippen LogP contribution is -2.21. The molecule has 0 rings (SSSR count). The number of Topliss-reactive ketones (excluding diaryl/α,β-unsaturated/α-hetero) is 1. The van der Waals surface area contributed by atoms with E-state index in [1.54, 1.807) is 6.92 Å². The summed E-state index contributed by atoms with van der Waals surface area (Å²) in [5.74, 6) is -0.348. The third-order valence-corrected chi connectivity index (χ3v) is 2.28. The lowest BCUT2D eigenvalue weighted by molar-refractivity contribution is -0.144. The van der Waals surface area contributed by atoms with Crippen LogP contribution in [0.5, 0.6) is 0 Å². The number of methoxy groups -OCH3 is 1. The molecule has 0 N–H and O–H groups in total. The van der Waals surface area contributed by atoms with Crippen molar-refractivity contribution in [2.75, 3.05) is 7.11 Å². The van der Waals surface area contributed by atoms with Gasteiger partial charge in [0.25, 0.3) is 0 Å². The fraction of sp³-hybridized carbons (Fsp3) is 0.800. The molecule has 0 fully saturated rings. The van der Waals surface area contributed by atoms with Crippen LogP contribution in [0.25, 0.3) is 0 Å². The van der Waals surface area contributed by atoms with E-state index in [-0.39, 0.29) is 30.0 Å². The summed E-state index contributed by atoms with van der Waals surface area (Å²) >= 11 is 0. The first kappa shape index (κ1) is 12.1. The van der Waals surface area contributed by atoms with Crippen LogP contribution in [-0.4, -0.2) is 18.9 Å². The van der Waals surface area contributed by atoms with Gasteiger partial charge >= 0.3 is 5.97 Å². The molecule has 76 valence electrons. The summed E-state index contributed by atoms with van der Waals surface area (Å²) in [7, 11) is 1.34. The highest BCUT2D eigenvalue weighted by Crippen LogP contribution is 2.13. The Labute approximate surface area is 79.5 Å². The Kier molecular flexibility index (Phi) is 5.35. The van der Waals surface area contributed by atoms with Crippen molar-refractivity contribution >= 4 is 11.8 Å². The topological polar surface area (TPSA) is 43.4 Å². The van der Waals surface area contributed by atoms with Gasteiger partial charge in [0.15, 0.2) is 0 Å². The van der Waals surface area contributed by atoms with Crippen molar-refractivity contribution < 1.29 is 14.3 Å². The molecule has 0 aromatic rings. The van der Waals surface area contributed by atoms with Crippen molar-refractivity contribution in [1.82, 2.24) is 0 Å². The number of esters is 1. The summed E-state index contributed by atoms with van der Waals surface area (Å²) in [6, 6.07) is 0. The number of carbonyl (C=O) groups is 2. The van der Waals surface area contributed by atoms with Crippen molar-refractivity contribution in [3.63, 3.8) is 0 Å². The van der Waals surface area contributed by atoms with Gasteiger partial charge in [-0.2, -0.15) is 0 Å². The number of carbonyl (C=O) groups excluding carboxylic acids is 2. The van der Waals surface area contributed by atoms with Crippen molar-refractivity contribution in [2.24, 2.45) is 11.8 Å². The van der Waals surface area contributed by atoms with Gasteiger partial charge in [0, 0.05) is 11.8 Å². The van der Waals surface area contributed by atoms with Crippen LogP contribution in [0, 0.1) is 11.8 Å².